The molecular formula is C9H19N5O. The van der Waals surface area contributed by atoms with Crippen LogP contribution in [0.15, 0.2) is 0 Å². The highest BCUT2D eigenvalue weighted by Crippen LogP contribution is 2.14. The Kier molecular flexibility index (Phi) is 4.16. The summed E-state index contributed by atoms with van der Waals surface area (Å²) in [7, 11) is 1.68. The van der Waals surface area contributed by atoms with Gasteiger partial charge in [0.1, 0.15) is 0 Å². The third-order valence-electron chi connectivity index (χ3n) is 2.14. The molecule has 86 valence electrons. The zero-order chi connectivity index (χ0) is 11.3. The molecule has 0 spiro atoms. The topological polar surface area (TPSA) is 64.9 Å². The van der Waals surface area contributed by atoms with Gasteiger partial charge in [0.15, 0.2) is 5.82 Å². The Balaban J connectivity index is 2.79. The minimum atomic E-state index is -0.219. The molecule has 6 heteroatoms. The highest BCUT2D eigenvalue weighted by Gasteiger charge is 2.24. The van der Waals surface area contributed by atoms with Gasteiger partial charge in [0.05, 0.1) is 18.7 Å². The summed E-state index contributed by atoms with van der Waals surface area (Å²) in [5.41, 5.74) is -0.219. The van der Waals surface area contributed by atoms with Gasteiger partial charge in [-0.1, -0.05) is 6.92 Å². The number of hydrogen-bond donors (Lipinski definition) is 1. The molecule has 0 unspecified atom stereocenters. The lowest BCUT2D eigenvalue weighted by Gasteiger charge is -2.24. The van der Waals surface area contributed by atoms with E-state index in [2.05, 4.69) is 27.8 Å². The molecule has 0 fully saturated rings. The van der Waals surface area contributed by atoms with Gasteiger partial charge in [-0.2, -0.15) is 0 Å². The second kappa shape index (κ2) is 5.18. The fourth-order valence-electron chi connectivity index (χ4n) is 1.44. The van der Waals surface area contributed by atoms with E-state index < -0.39 is 0 Å². The van der Waals surface area contributed by atoms with Gasteiger partial charge in [-0.3, -0.25) is 0 Å². The van der Waals surface area contributed by atoms with E-state index in [9.17, 15) is 0 Å². The molecule has 0 saturated carbocycles. The number of ether oxygens (including phenoxy) is 1. The molecule has 15 heavy (non-hydrogen) atoms. The molecule has 0 bridgehead atoms. The largest absolute Gasteiger partial charge is 0.382 e. The predicted octanol–water partition coefficient (Wildman–Crippen LogP) is 0.164. The standard InChI is InChI=1S/C9H19N5O/c1-5-10-6-8-11-12-13-14(8)9(2,3)7-15-4/h10H,5-7H2,1-4H3. The summed E-state index contributed by atoms with van der Waals surface area (Å²) in [6.45, 7) is 8.30. The van der Waals surface area contributed by atoms with Crippen molar-refractivity contribution in [1.29, 1.82) is 0 Å². The van der Waals surface area contributed by atoms with Crippen molar-refractivity contribution in [2.75, 3.05) is 20.3 Å². The number of nitrogens with one attached hydrogen (secondary N) is 1. The number of aromatic nitrogens is 4. The van der Waals surface area contributed by atoms with Gasteiger partial charge in [-0.05, 0) is 30.8 Å². The van der Waals surface area contributed by atoms with Gasteiger partial charge in [-0.15, -0.1) is 5.10 Å². The zero-order valence-electron chi connectivity index (χ0n) is 9.82. The Morgan fingerprint density at radius 2 is 2.20 bits per heavy atom. The molecule has 6 nitrogen and oxygen atoms in total. The van der Waals surface area contributed by atoms with E-state index in [-0.39, 0.29) is 5.54 Å². The molecule has 0 atom stereocenters. The summed E-state index contributed by atoms with van der Waals surface area (Å²) in [5.74, 6) is 0.832. The highest BCUT2D eigenvalue weighted by molar-refractivity contribution is 4.88. The fraction of sp³-hybridized carbons (Fsp3) is 0.889. The smallest absolute Gasteiger partial charge is 0.165 e. The van der Waals surface area contributed by atoms with E-state index in [0.717, 1.165) is 12.4 Å². The first-order valence-corrected chi connectivity index (χ1v) is 5.09. The minimum Gasteiger partial charge on any atom is -0.382 e. The Labute approximate surface area is 90.0 Å². The van der Waals surface area contributed by atoms with Crippen LogP contribution in [0.1, 0.15) is 26.6 Å². The van der Waals surface area contributed by atoms with Crippen LogP contribution in [-0.2, 0) is 16.8 Å². The molecule has 0 saturated heterocycles. The molecule has 1 aromatic heterocycles. The van der Waals surface area contributed by atoms with Gasteiger partial charge < -0.3 is 10.1 Å². The van der Waals surface area contributed by atoms with Crippen LogP contribution < -0.4 is 5.32 Å². The van der Waals surface area contributed by atoms with Crippen LogP contribution in [0, 0.1) is 0 Å². The van der Waals surface area contributed by atoms with Crippen LogP contribution in [0.25, 0.3) is 0 Å². The third kappa shape index (κ3) is 2.97. The lowest BCUT2D eigenvalue weighted by Crippen LogP contribution is -2.35. The van der Waals surface area contributed by atoms with Crippen LogP contribution in [0.4, 0.5) is 0 Å². The number of tetrazole rings is 1. The Hall–Kier alpha value is -1.01. The zero-order valence-corrected chi connectivity index (χ0v) is 9.82. The van der Waals surface area contributed by atoms with E-state index in [1.54, 1.807) is 11.8 Å². The highest BCUT2D eigenvalue weighted by atomic mass is 16.5. The maximum Gasteiger partial charge on any atom is 0.165 e. The maximum atomic E-state index is 5.15. The van der Waals surface area contributed by atoms with Gasteiger partial charge in [0.25, 0.3) is 0 Å². The van der Waals surface area contributed by atoms with Crippen molar-refractivity contribution in [3.8, 4) is 0 Å². The molecule has 0 aliphatic rings. The second-order valence-electron chi connectivity index (χ2n) is 4.03. The third-order valence-corrected chi connectivity index (χ3v) is 2.14. The Bertz CT molecular complexity index is 296. The molecule has 0 radical (unpaired) electrons. The van der Waals surface area contributed by atoms with Crippen molar-refractivity contribution in [3.63, 3.8) is 0 Å². The summed E-state index contributed by atoms with van der Waals surface area (Å²) < 4.78 is 6.96. The fourth-order valence-corrected chi connectivity index (χ4v) is 1.44. The van der Waals surface area contributed by atoms with Gasteiger partial charge in [0.2, 0.25) is 0 Å². The molecule has 1 N–H and O–H groups in total. The van der Waals surface area contributed by atoms with Crippen molar-refractivity contribution < 1.29 is 4.74 Å². The van der Waals surface area contributed by atoms with Crippen molar-refractivity contribution in [2.24, 2.45) is 0 Å². The normalized spacial score (nSPS) is 12.0. The summed E-state index contributed by atoms with van der Waals surface area (Å²) in [4.78, 5) is 0. The molecule has 0 aromatic carbocycles. The quantitative estimate of drug-likeness (QED) is 0.729. The minimum absolute atomic E-state index is 0.219. The first-order chi connectivity index (χ1) is 7.11. The Morgan fingerprint density at radius 1 is 1.47 bits per heavy atom. The first-order valence-electron chi connectivity index (χ1n) is 5.09. The molecule has 1 heterocycles. The lowest BCUT2D eigenvalue weighted by molar-refractivity contribution is 0.0975. The van der Waals surface area contributed by atoms with Crippen LogP contribution in [0.5, 0.6) is 0 Å². The van der Waals surface area contributed by atoms with E-state index in [1.807, 2.05) is 13.8 Å². The second-order valence-corrected chi connectivity index (χ2v) is 4.03. The average molecular weight is 213 g/mol. The molecule has 0 amide bonds. The molecular weight excluding hydrogens is 194 g/mol. The summed E-state index contributed by atoms with van der Waals surface area (Å²) in [5, 5.41) is 14.9. The van der Waals surface area contributed by atoms with Gasteiger partial charge >= 0.3 is 0 Å². The van der Waals surface area contributed by atoms with Crippen LogP contribution in [-0.4, -0.2) is 40.5 Å². The molecule has 0 aliphatic carbocycles. The predicted molar refractivity (Wildman–Crippen MR) is 56.4 cm³/mol. The number of methoxy groups -OCH3 is 1. The SMILES string of the molecule is CCNCc1nnnn1C(C)(C)COC. The van der Waals surface area contributed by atoms with Crippen LogP contribution in [0.2, 0.25) is 0 Å². The van der Waals surface area contributed by atoms with Crippen LogP contribution in [0.3, 0.4) is 0 Å². The molecule has 0 aliphatic heterocycles. The summed E-state index contributed by atoms with van der Waals surface area (Å²) >= 11 is 0. The van der Waals surface area contributed by atoms with E-state index >= 15 is 0 Å². The molecule has 1 rings (SSSR count). The average Bonchev–Trinajstić information content (AvgIpc) is 2.63. The summed E-state index contributed by atoms with van der Waals surface area (Å²) in [6.07, 6.45) is 0. The maximum absolute atomic E-state index is 5.15. The first kappa shape index (κ1) is 12.1. The van der Waals surface area contributed by atoms with Crippen molar-refractivity contribution in [3.05, 3.63) is 5.82 Å². The number of nitrogens with zero attached hydrogens (tertiary/aromatic N) is 4. The Morgan fingerprint density at radius 3 is 2.80 bits per heavy atom. The van der Waals surface area contributed by atoms with Crippen LogP contribution >= 0.6 is 0 Å². The number of hydrogen-bond acceptors (Lipinski definition) is 5. The van der Waals surface area contributed by atoms with E-state index in [1.165, 1.54) is 0 Å². The van der Waals surface area contributed by atoms with Gasteiger partial charge in [0, 0.05) is 7.11 Å². The van der Waals surface area contributed by atoms with E-state index in [0.29, 0.717) is 13.2 Å². The van der Waals surface area contributed by atoms with Crippen molar-refractivity contribution in [1.82, 2.24) is 25.5 Å². The number of rotatable bonds is 6. The van der Waals surface area contributed by atoms with Gasteiger partial charge in [-0.25, -0.2) is 4.68 Å². The van der Waals surface area contributed by atoms with E-state index in [4.69, 9.17) is 4.74 Å². The summed E-state index contributed by atoms with van der Waals surface area (Å²) in [6, 6.07) is 0. The van der Waals surface area contributed by atoms with Crippen molar-refractivity contribution in [2.45, 2.75) is 32.9 Å². The molecule has 1 aromatic rings. The van der Waals surface area contributed by atoms with Crippen molar-refractivity contribution >= 4 is 0 Å². The lowest BCUT2D eigenvalue weighted by atomic mass is 10.1. The monoisotopic (exact) mass is 213 g/mol.